The minimum Gasteiger partial charge on any atom is -0.480 e. The normalized spacial score (nSPS) is 16.6. The van der Waals surface area contributed by atoms with Gasteiger partial charge in [0.15, 0.2) is 0 Å². The maximum absolute atomic E-state index is 12.3. The van der Waals surface area contributed by atoms with Crippen molar-refractivity contribution in [2.75, 3.05) is 6.61 Å². The lowest BCUT2D eigenvalue weighted by atomic mass is 9.99. The zero-order valence-electron chi connectivity index (χ0n) is 16.5. The molecule has 0 saturated heterocycles. The van der Waals surface area contributed by atoms with Crippen LogP contribution in [-0.2, 0) is 19.2 Å². The van der Waals surface area contributed by atoms with Gasteiger partial charge in [0, 0.05) is 0 Å². The highest BCUT2D eigenvalue weighted by Gasteiger charge is 2.30. The summed E-state index contributed by atoms with van der Waals surface area (Å²) in [7, 11) is 0. The Morgan fingerprint density at radius 1 is 0.926 bits per heavy atom. The van der Waals surface area contributed by atoms with Gasteiger partial charge in [-0.2, -0.15) is 0 Å². The SMILES string of the molecule is CCC(C)C(N)C(=O)NC(C)C(=O)NC(C(=O)NC(CO)C(=O)O)C(C)C. The van der Waals surface area contributed by atoms with Crippen LogP contribution >= 0.6 is 0 Å². The predicted molar refractivity (Wildman–Crippen MR) is 98.5 cm³/mol. The van der Waals surface area contributed by atoms with E-state index in [1.807, 2.05) is 13.8 Å². The topological polar surface area (TPSA) is 171 Å². The van der Waals surface area contributed by atoms with Gasteiger partial charge in [0.1, 0.15) is 18.1 Å². The lowest BCUT2D eigenvalue weighted by Gasteiger charge is -2.26. The Kier molecular flexibility index (Phi) is 10.6. The van der Waals surface area contributed by atoms with Crippen LogP contribution in [0, 0.1) is 11.8 Å². The minimum atomic E-state index is -1.47. The quantitative estimate of drug-likeness (QED) is 0.252. The minimum absolute atomic E-state index is 0.0547. The number of carboxylic acid groups (broad SMARTS) is 1. The van der Waals surface area contributed by atoms with Crippen molar-refractivity contribution >= 4 is 23.7 Å². The molecule has 0 aromatic carbocycles. The van der Waals surface area contributed by atoms with Crippen LogP contribution < -0.4 is 21.7 Å². The number of nitrogens with two attached hydrogens (primary N) is 1. The van der Waals surface area contributed by atoms with Gasteiger partial charge in [-0.1, -0.05) is 34.1 Å². The molecule has 10 heteroatoms. The highest BCUT2D eigenvalue weighted by atomic mass is 16.4. The van der Waals surface area contributed by atoms with Crippen LogP contribution in [0.3, 0.4) is 0 Å². The third-order valence-electron chi connectivity index (χ3n) is 4.36. The number of aliphatic hydroxyl groups excluding tert-OH is 1. The molecule has 5 atom stereocenters. The van der Waals surface area contributed by atoms with Gasteiger partial charge in [-0.3, -0.25) is 14.4 Å². The Balaban J connectivity index is 4.95. The molecule has 156 valence electrons. The summed E-state index contributed by atoms with van der Waals surface area (Å²) in [6, 6.07) is -4.19. The van der Waals surface area contributed by atoms with Crippen LogP contribution in [0.4, 0.5) is 0 Å². The molecule has 0 spiro atoms. The molecule has 0 rings (SSSR count). The van der Waals surface area contributed by atoms with E-state index in [1.54, 1.807) is 13.8 Å². The zero-order valence-corrected chi connectivity index (χ0v) is 16.5. The number of hydrogen-bond donors (Lipinski definition) is 6. The molecule has 0 radical (unpaired) electrons. The Morgan fingerprint density at radius 2 is 1.48 bits per heavy atom. The zero-order chi connectivity index (χ0) is 21.3. The van der Waals surface area contributed by atoms with Crippen molar-refractivity contribution in [3.8, 4) is 0 Å². The molecule has 3 amide bonds. The molecule has 0 aliphatic carbocycles. The van der Waals surface area contributed by atoms with Gasteiger partial charge in [0.25, 0.3) is 0 Å². The number of hydrogen-bond acceptors (Lipinski definition) is 6. The van der Waals surface area contributed by atoms with E-state index < -0.39 is 54.5 Å². The highest BCUT2D eigenvalue weighted by molar-refractivity contribution is 5.94. The fourth-order valence-corrected chi connectivity index (χ4v) is 2.15. The molecule has 0 aromatic rings. The summed E-state index contributed by atoms with van der Waals surface area (Å²) in [5, 5.41) is 25.1. The number of aliphatic carboxylic acids is 1. The summed E-state index contributed by atoms with van der Waals surface area (Å²) in [6.07, 6.45) is 0.709. The Hall–Kier alpha value is -2.20. The number of carboxylic acids is 1. The van der Waals surface area contributed by atoms with Crippen LogP contribution in [0.2, 0.25) is 0 Å². The highest BCUT2D eigenvalue weighted by Crippen LogP contribution is 2.06. The van der Waals surface area contributed by atoms with Crippen LogP contribution in [0.5, 0.6) is 0 Å². The van der Waals surface area contributed by atoms with Crippen molar-refractivity contribution in [2.24, 2.45) is 17.6 Å². The first kappa shape index (κ1) is 24.8. The van der Waals surface area contributed by atoms with Gasteiger partial charge in [-0.05, 0) is 18.8 Å². The van der Waals surface area contributed by atoms with Crippen LogP contribution in [0.25, 0.3) is 0 Å². The van der Waals surface area contributed by atoms with Gasteiger partial charge in [-0.25, -0.2) is 4.79 Å². The molecule has 5 unspecified atom stereocenters. The molecule has 27 heavy (non-hydrogen) atoms. The molecule has 0 aliphatic rings. The maximum atomic E-state index is 12.3. The van der Waals surface area contributed by atoms with Gasteiger partial charge in [0.05, 0.1) is 12.6 Å². The maximum Gasteiger partial charge on any atom is 0.328 e. The van der Waals surface area contributed by atoms with Crippen molar-refractivity contribution in [2.45, 2.75) is 65.2 Å². The molecule has 0 fully saturated rings. The van der Waals surface area contributed by atoms with Gasteiger partial charge >= 0.3 is 5.97 Å². The van der Waals surface area contributed by atoms with Gasteiger partial charge < -0.3 is 31.9 Å². The number of aliphatic hydroxyl groups is 1. The van der Waals surface area contributed by atoms with Crippen molar-refractivity contribution in [3.05, 3.63) is 0 Å². The first-order valence-corrected chi connectivity index (χ1v) is 8.96. The van der Waals surface area contributed by atoms with E-state index in [2.05, 4.69) is 16.0 Å². The molecule has 0 bridgehead atoms. The van der Waals surface area contributed by atoms with E-state index >= 15 is 0 Å². The molecule has 0 aliphatic heterocycles. The number of nitrogens with one attached hydrogen (secondary N) is 3. The van der Waals surface area contributed by atoms with Crippen molar-refractivity contribution < 1.29 is 29.4 Å². The molecule has 0 aromatic heterocycles. The lowest BCUT2D eigenvalue weighted by molar-refractivity contribution is -0.143. The summed E-state index contributed by atoms with van der Waals surface area (Å²) < 4.78 is 0. The summed E-state index contributed by atoms with van der Waals surface area (Å²) in [5.41, 5.74) is 5.83. The van der Waals surface area contributed by atoms with E-state index in [0.29, 0.717) is 6.42 Å². The van der Waals surface area contributed by atoms with Gasteiger partial charge in [0.2, 0.25) is 17.7 Å². The average molecular weight is 388 g/mol. The van der Waals surface area contributed by atoms with E-state index in [1.165, 1.54) is 6.92 Å². The fraction of sp³-hybridized carbons (Fsp3) is 0.765. The lowest BCUT2D eigenvalue weighted by Crippen LogP contribution is -2.58. The smallest absolute Gasteiger partial charge is 0.328 e. The summed E-state index contributed by atoms with van der Waals surface area (Å²) >= 11 is 0. The van der Waals surface area contributed by atoms with Crippen LogP contribution in [0.1, 0.15) is 41.0 Å². The second-order valence-corrected chi connectivity index (χ2v) is 6.95. The average Bonchev–Trinajstić information content (AvgIpc) is 2.61. The van der Waals surface area contributed by atoms with Gasteiger partial charge in [-0.15, -0.1) is 0 Å². The molecule has 0 heterocycles. The van der Waals surface area contributed by atoms with E-state index in [-0.39, 0.29) is 11.8 Å². The van der Waals surface area contributed by atoms with Crippen LogP contribution in [0.15, 0.2) is 0 Å². The Morgan fingerprint density at radius 3 is 1.89 bits per heavy atom. The molecular weight excluding hydrogens is 356 g/mol. The van der Waals surface area contributed by atoms with E-state index in [0.717, 1.165) is 0 Å². The van der Waals surface area contributed by atoms with Crippen molar-refractivity contribution in [1.29, 1.82) is 0 Å². The first-order chi connectivity index (χ1) is 12.5. The standard InChI is InChI=1S/C17H32N4O6/c1-6-9(4)12(18)15(24)19-10(5)14(23)21-13(8(2)3)16(25)20-11(7-22)17(26)27/h8-13,22H,6-7,18H2,1-5H3,(H,19,24)(H,20,25)(H,21,23)(H,26,27). The number of carbonyl (C=O) groups is 4. The summed E-state index contributed by atoms with van der Waals surface area (Å²) in [4.78, 5) is 47.6. The molecule has 7 N–H and O–H groups in total. The van der Waals surface area contributed by atoms with Crippen LogP contribution in [-0.4, -0.2) is 64.7 Å². The molecule has 10 nitrogen and oxygen atoms in total. The predicted octanol–water partition coefficient (Wildman–Crippen LogP) is -1.43. The molecule has 0 saturated carbocycles. The van der Waals surface area contributed by atoms with E-state index in [9.17, 15) is 19.2 Å². The Bertz CT molecular complexity index is 540. The summed E-state index contributed by atoms with van der Waals surface area (Å²) in [5.74, 6) is -3.62. The third-order valence-corrected chi connectivity index (χ3v) is 4.36. The number of amides is 3. The van der Waals surface area contributed by atoms with Crippen molar-refractivity contribution in [1.82, 2.24) is 16.0 Å². The monoisotopic (exact) mass is 388 g/mol. The van der Waals surface area contributed by atoms with Crippen molar-refractivity contribution in [3.63, 3.8) is 0 Å². The molecular formula is C17H32N4O6. The Labute approximate surface area is 159 Å². The second kappa shape index (κ2) is 11.5. The number of rotatable bonds is 11. The number of carbonyl (C=O) groups excluding carboxylic acids is 3. The largest absolute Gasteiger partial charge is 0.480 e. The third kappa shape index (κ3) is 7.92. The second-order valence-electron chi connectivity index (χ2n) is 6.95. The van der Waals surface area contributed by atoms with E-state index in [4.69, 9.17) is 15.9 Å². The summed E-state index contributed by atoms with van der Waals surface area (Å²) in [6.45, 7) is 7.74. The first-order valence-electron chi connectivity index (χ1n) is 8.96. The fourth-order valence-electron chi connectivity index (χ4n) is 2.15.